The van der Waals surface area contributed by atoms with Crippen molar-refractivity contribution in [1.82, 2.24) is 14.2 Å². The van der Waals surface area contributed by atoms with Crippen LogP contribution in [0.15, 0.2) is 59.8 Å². The standard InChI is InChI=1S/C16H15N3O2/c20-15(13-5-2-1-3-6-13)7-4-10-18-11-12-19-14(16(18)21)8-9-17-19/h1-3,5-6,8-9,11-12H,4,7,10H2. The molecular weight excluding hydrogens is 266 g/mol. The van der Waals surface area contributed by atoms with E-state index in [9.17, 15) is 9.59 Å². The molecule has 5 heteroatoms. The summed E-state index contributed by atoms with van der Waals surface area (Å²) in [6.45, 7) is 0.527. The van der Waals surface area contributed by atoms with Gasteiger partial charge in [-0.2, -0.15) is 5.10 Å². The summed E-state index contributed by atoms with van der Waals surface area (Å²) in [5.41, 5.74) is 1.19. The average molecular weight is 281 g/mol. The van der Waals surface area contributed by atoms with Crippen LogP contribution in [0, 0.1) is 0 Å². The number of carbonyl (C=O) groups is 1. The Labute approximate surface area is 121 Å². The quantitative estimate of drug-likeness (QED) is 0.673. The van der Waals surface area contributed by atoms with Gasteiger partial charge in [-0.1, -0.05) is 30.3 Å². The number of rotatable bonds is 5. The fourth-order valence-electron chi connectivity index (χ4n) is 2.32. The van der Waals surface area contributed by atoms with Gasteiger partial charge in [-0.15, -0.1) is 0 Å². The van der Waals surface area contributed by atoms with Crippen molar-refractivity contribution in [3.05, 3.63) is 70.9 Å². The van der Waals surface area contributed by atoms with Gasteiger partial charge in [0.15, 0.2) is 5.78 Å². The minimum Gasteiger partial charge on any atom is -0.312 e. The first kappa shape index (κ1) is 13.3. The summed E-state index contributed by atoms with van der Waals surface area (Å²) in [5.74, 6) is 0.106. The molecule has 2 aromatic heterocycles. The second-order valence-corrected chi connectivity index (χ2v) is 4.85. The zero-order chi connectivity index (χ0) is 14.7. The third-order valence-corrected chi connectivity index (χ3v) is 3.44. The maximum Gasteiger partial charge on any atom is 0.276 e. The molecule has 2 heterocycles. The highest BCUT2D eigenvalue weighted by molar-refractivity contribution is 5.95. The van der Waals surface area contributed by atoms with E-state index in [1.54, 1.807) is 33.7 Å². The van der Waals surface area contributed by atoms with E-state index in [0.29, 0.717) is 24.9 Å². The van der Waals surface area contributed by atoms with E-state index in [4.69, 9.17) is 0 Å². The molecule has 106 valence electrons. The van der Waals surface area contributed by atoms with Gasteiger partial charge in [-0.05, 0) is 12.5 Å². The van der Waals surface area contributed by atoms with Crippen LogP contribution < -0.4 is 5.56 Å². The van der Waals surface area contributed by atoms with E-state index in [0.717, 1.165) is 5.56 Å². The number of benzene rings is 1. The van der Waals surface area contributed by atoms with Crippen LogP contribution in [0.3, 0.4) is 0 Å². The molecule has 0 N–H and O–H groups in total. The Morgan fingerprint density at radius 3 is 2.71 bits per heavy atom. The van der Waals surface area contributed by atoms with Crippen molar-refractivity contribution >= 4 is 11.3 Å². The molecule has 1 aromatic carbocycles. The topological polar surface area (TPSA) is 56.4 Å². The minimum absolute atomic E-state index is 0.0813. The Bertz CT molecular complexity index is 818. The fraction of sp³-hybridized carbons (Fsp3) is 0.188. The monoisotopic (exact) mass is 281 g/mol. The zero-order valence-corrected chi connectivity index (χ0v) is 11.5. The molecule has 0 fully saturated rings. The van der Waals surface area contributed by atoms with Crippen molar-refractivity contribution in [3.8, 4) is 0 Å². The molecule has 0 aliphatic heterocycles. The fourth-order valence-corrected chi connectivity index (χ4v) is 2.32. The molecule has 0 spiro atoms. The highest BCUT2D eigenvalue weighted by Crippen LogP contribution is 2.06. The van der Waals surface area contributed by atoms with E-state index in [-0.39, 0.29) is 11.3 Å². The Balaban J connectivity index is 1.66. The third-order valence-electron chi connectivity index (χ3n) is 3.44. The third kappa shape index (κ3) is 2.76. The van der Waals surface area contributed by atoms with Crippen molar-refractivity contribution in [2.45, 2.75) is 19.4 Å². The van der Waals surface area contributed by atoms with Crippen LogP contribution in [0.25, 0.3) is 5.52 Å². The summed E-state index contributed by atoms with van der Waals surface area (Å²) in [5, 5.41) is 4.02. The lowest BCUT2D eigenvalue weighted by atomic mass is 10.1. The number of fused-ring (bicyclic) bond motifs is 1. The van der Waals surface area contributed by atoms with Crippen LogP contribution >= 0.6 is 0 Å². The lowest BCUT2D eigenvalue weighted by molar-refractivity contribution is 0.0978. The maximum absolute atomic E-state index is 12.2. The van der Waals surface area contributed by atoms with E-state index in [1.165, 1.54) is 0 Å². The molecule has 0 unspecified atom stereocenters. The number of hydrogen-bond donors (Lipinski definition) is 0. The highest BCUT2D eigenvalue weighted by atomic mass is 16.1. The van der Waals surface area contributed by atoms with Gasteiger partial charge in [-0.3, -0.25) is 9.59 Å². The number of aromatic nitrogens is 3. The second kappa shape index (κ2) is 5.75. The van der Waals surface area contributed by atoms with Crippen LogP contribution in [-0.4, -0.2) is 20.0 Å². The van der Waals surface area contributed by atoms with Crippen molar-refractivity contribution in [2.75, 3.05) is 0 Å². The molecule has 3 aromatic rings. The van der Waals surface area contributed by atoms with E-state index in [2.05, 4.69) is 5.10 Å². The summed E-state index contributed by atoms with van der Waals surface area (Å²) in [4.78, 5) is 24.1. The largest absolute Gasteiger partial charge is 0.312 e. The first-order valence-corrected chi connectivity index (χ1v) is 6.87. The van der Waals surface area contributed by atoms with E-state index < -0.39 is 0 Å². The number of ketones is 1. The van der Waals surface area contributed by atoms with Gasteiger partial charge < -0.3 is 4.57 Å². The molecule has 0 aliphatic rings. The number of nitrogens with zero attached hydrogens (tertiary/aromatic N) is 3. The summed E-state index contributed by atoms with van der Waals surface area (Å²) >= 11 is 0. The van der Waals surface area contributed by atoms with Crippen molar-refractivity contribution in [3.63, 3.8) is 0 Å². The van der Waals surface area contributed by atoms with E-state index >= 15 is 0 Å². The van der Waals surface area contributed by atoms with Gasteiger partial charge in [0, 0.05) is 30.9 Å². The van der Waals surface area contributed by atoms with Crippen molar-refractivity contribution in [2.24, 2.45) is 0 Å². The molecule has 0 amide bonds. The van der Waals surface area contributed by atoms with E-state index in [1.807, 2.05) is 30.3 Å². The van der Waals surface area contributed by atoms with Crippen LogP contribution in [0.5, 0.6) is 0 Å². The number of Topliss-reactive ketones (excluding diaryl/α,β-unsaturated/α-hetero) is 1. The smallest absolute Gasteiger partial charge is 0.276 e. The Morgan fingerprint density at radius 1 is 1.10 bits per heavy atom. The van der Waals surface area contributed by atoms with Gasteiger partial charge >= 0.3 is 0 Å². The van der Waals surface area contributed by atoms with Crippen LogP contribution in [0.2, 0.25) is 0 Å². The average Bonchev–Trinajstić information content (AvgIpc) is 3.00. The molecule has 21 heavy (non-hydrogen) atoms. The molecule has 0 saturated heterocycles. The summed E-state index contributed by atoms with van der Waals surface area (Å²) < 4.78 is 3.17. The van der Waals surface area contributed by atoms with Crippen molar-refractivity contribution in [1.29, 1.82) is 0 Å². The summed E-state index contributed by atoms with van der Waals surface area (Å²) in [6.07, 6.45) is 6.11. The molecule has 0 aliphatic carbocycles. The van der Waals surface area contributed by atoms with Crippen LogP contribution in [0.1, 0.15) is 23.2 Å². The molecule has 5 nitrogen and oxygen atoms in total. The van der Waals surface area contributed by atoms with Crippen LogP contribution in [-0.2, 0) is 6.54 Å². The Morgan fingerprint density at radius 2 is 1.90 bits per heavy atom. The first-order valence-electron chi connectivity index (χ1n) is 6.87. The normalized spacial score (nSPS) is 10.9. The van der Waals surface area contributed by atoms with Gasteiger partial charge in [0.1, 0.15) is 5.52 Å². The molecular formula is C16H15N3O2. The summed E-state index contributed by atoms with van der Waals surface area (Å²) in [6, 6.07) is 10.9. The maximum atomic E-state index is 12.2. The minimum atomic E-state index is -0.0813. The van der Waals surface area contributed by atoms with Crippen molar-refractivity contribution < 1.29 is 4.79 Å². The summed E-state index contributed by atoms with van der Waals surface area (Å²) in [7, 11) is 0. The predicted molar refractivity (Wildman–Crippen MR) is 79.5 cm³/mol. The first-order chi connectivity index (χ1) is 10.3. The SMILES string of the molecule is O=C(CCCn1ccn2nccc2c1=O)c1ccccc1. The molecule has 3 rings (SSSR count). The van der Waals surface area contributed by atoms with Gasteiger partial charge in [0.2, 0.25) is 0 Å². The molecule has 0 bridgehead atoms. The van der Waals surface area contributed by atoms with Gasteiger partial charge in [0.05, 0.1) is 6.20 Å². The van der Waals surface area contributed by atoms with Crippen LogP contribution in [0.4, 0.5) is 0 Å². The number of aryl methyl sites for hydroxylation is 1. The molecule has 0 radical (unpaired) electrons. The Kier molecular flexibility index (Phi) is 3.64. The molecule has 0 saturated carbocycles. The highest BCUT2D eigenvalue weighted by Gasteiger charge is 2.06. The second-order valence-electron chi connectivity index (χ2n) is 4.85. The predicted octanol–water partition coefficient (Wildman–Crippen LogP) is 2.16. The number of carbonyl (C=O) groups excluding carboxylic acids is 1. The lowest BCUT2D eigenvalue weighted by Crippen LogP contribution is -2.21. The molecule has 0 atom stereocenters. The zero-order valence-electron chi connectivity index (χ0n) is 11.5. The van der Waals surface area contributed by atoms with Gasteiger partial charge in [0.25, 0.3) is 5.56 Å². The van der Waals surface area contributed by atoms with Gasteiger partial charge in [-0.25, -0.2) is 4.52 Å². The Hall–Kier alpha value is -2.69. The lowest BCUT2D eigenvalue weighted by Gasteiger charge is -2.06. The number of hydrogen-bond acceptors (Lipinski definition) is 3.